The molecule has 0 saturated heterocycles. The molecule has 20 heavy (non-hydrogen) atoms. The number of nitrogens with one attached hydrogen (secondary N) is 2. The normalized spacial score (nSPS) is 11.2. The zero-order chi connectivity index (χ0) is 13.9. The fraction of sp³-hybridized carbons (Fsp3) is 0. The van der Waals surface area contributed by atoms with Gasteiger partial charge < -0.3 is 15.2 Å². The van der Waals surface area contributed by atoms with Gasteiger partial charge in [-0.25, -0.2) is 15.0 Å². The summed E-state index contributed by atoms with van der Waals surface area (Å²) in [5.41, 5.74) is 4.58. The average Bonchev–Trinajstić information content (AvgIpc) is 2.92. The Kier molecular flexibility index (Phi) is 2.88. The molecule has 0 radical (unpaired) electrons. The van der Waals surface area contributed by atoms with Gasteiger partial charge in [0, 0.05) is 0 Å². The van der Waals surface area contributed by atoms with Crippen molar-refractivity contribution >= 4 is 23.2 Å². The summed E-state index contributed by atoms with van der Waals surface area (Å²) in [4.78, 5) is 14.9. The summed E-state index contributed by atoms with van der Waals surface area (Å²) in [6.07, 6.45) is 4.39. The highest BCUT2D eigenvalue weighted by molar-refractivity contribution is 5.84. The summed E-state index contributed by atoms with van der Waals surface area (Å²) in [7, 11) is 0. The molecule has 100 valence electrons. The van der Waals surface area contributed by atoms with E-state index in [9.17, 15) is 10.2 Å². The Morgan fingerprint density at radius 3 is 2.90 bits per heavy atom. The molecule has 8 nitrogen and oxygen atoms in total. The third-order valence-corrected chi connectivity index (χ3v) is 2.61. The molecule has 2 aromatic heterocycles. The lowest BCUT2D eigenvalue weighted by Crippen LogP contribution is -1.95. The minimum absolute atomic E-state index is 0.176. The standard InChI is InChI=1S/C12H10N6O2/c19-8-2-1-7(3-9(8)20)4-17-18-12-10-11(14-5-13-10)15-6-16-12/h1-6,19-20H,(H2,13,14,15,16,18)/b17-4+. The molecule has 0 fully saturated rings. The van der Waals surface area contributed by atoms with Gasteiger partial charge in [-0.05, 0) is 23.8 Å². The maximum Gasteiger partial charge on any atom is 0.182 e. The average molecular weight is 270 g/mol. The van der Waals surface area contributed by atoms with Crippen LogP contribution in [0.5, 0.6) is 11.5 Å². The fourth-order valence-corrected chi connectivity index (χ4v) is 1.64. The Balaban J connectivity index is 1.80. The number of imidazole rings is 1. The molecule has 0 aliphatic carbocycles. The number of hydrogen-bond donors (Lipinski definition) is 4. The monoisotopic (exact) mass is 270 g/mol. The van der Waals surface area contributed by atoms with E-state index in [2.05, 4.69) is 30.5 Å². The molecule has 2 heterocycles. The molecule has 4 N–H and O–H groups in total. The minimum Gasteiger partial charge on any atom is -0.504 e. The van der Waals surface area contributed by atoms with Crippen molar-refractivity contribution in [2.24, 2.45) is 5.10 Å². The van der Waals surface area contributed by atoms with Crippen LogP contribution in [0.2, 0.25) is 0 Å². The SMILES string of the molecule is Oc1ccc(/C=N/Nc2ncnc3nc[nH]c23)cc1O. The van der Waals surface area contributed by atoms with E-state index in [1.807, 2.05) is 0 Å². The highest BCUT2D eigenvalue weighted by Crippen LogP contribution is 2.24. The second kappa shape index (κ2) is 4.84. The van der Waals surface area contributed by atoms with E-state index in [0.29, 0.717) is 22.5 Å². The van der Waals surface area contributed by atoms with Crippen molar-refractivity contribution in [2.45, 2.75) is 0 Å². The van der Waals surface area contributed by atoms with Crippen LogP contribution in [0.3, 0.4) is 0 Å². The van der Waals surface area contributed by atoms with Crippen LogP contribution in [-0.4, -0.2) is 36.4 Å². The number of hydrogen-bond acceptors (Lipinski definition) is 7. The van der Waals surface area contributed by atoms with Crippen LogP contribution in [0.15, 0.2) is 36.0 Å². The van der Waals surface area contributed by atoms with E-state index in [0.717, 1.165) is 0 Å². The number of fused-ring (bicyclic) bond motifs is 1. The molecule has 0 saturated carbocycles. The van der Waals surface area contributed by atoms with Crippen LogP contribution in [0.1, 0.15) is 5.56 Å². The largest absolute Gasteiger partial charge is 0.504 e. The molecule has 0 aliphatic heterocycles. The van der Waals surface area contributed by atoms with E-state index in [-0.39, 0.29) is 11.5 Å². The smallest absolute Gasteiger partial charge is 0.182 e. The zero-order valence-electron chi connectivity index (χ0n) is 10.1. The minimum atomic E-state index is -0.202. The Bertz CT molecular complexity index is 782. The maximum absolute atomic E-state index is 9.36. The summed E-state index contributed by atoms with van der Waals surface area (Å²) >= 11 is 0. The topological polar surface area (TPSA) is 119 Å². The van der Waals surface area contributed by atoms with E-state index < -0.39 is 0 Å². The van der Waals surface area contributed by atoms with Gasteiger partial charge in [-0.2, -0.15) is 5.10 Å². The van der Waals surface area contributed by atoms with Gasteiger partial charge in [0.25, 0.3) is 0 Å². The number of phenols is 2. The number of phenolic OH excluding ortho intramolecular Hbond substituents is 2. The predicted octanol–water partition coefficient (Wildman–Crippen LogP) is 1.21. The second-order valence-corrected chi connectivity index (χ2v) is 3.94. The zero-order valence-corrected chi connectivity index (χ0v) is 10.1. The van der Waals surface area contributed by atoms with Gasteiger partial charge in [0.15, 0.2) is 23.0 Å². The molecule has 0 spiro atoms. The molecule has 0 atom stereocenters. The van der Waals surface area contributed by atoms with Gasteiger partial charge in [-0.1, -0.05) is 0 Å². The van der Waals surface area contributed by atoms with Crippen molar-refractivity contribution in [2.75, 3.05) is 5.43 Å². The first-order valence-corrected chi connectivity index (χ1v) is 5.69. The lowest BCUT2D eigenvalue weighted by molar-refractivity contribution is 0.403. The van der Waals surface area contributed by atoms with Gasteiger partial charge in [0.1, 0.15) is 11.8 Å². The number of hydrazone groups is 1. The third-order valence-electron chi connectivity index (χ3n) is 2.61. The van der Waals surface area contributed by atoms with Crippen molar-refractivity contribution in [3.63, 3.8) is 0 Å². The summed E-state index contributed by atoms with van der Waals surface area (Å²) in [6, 6.07) is 4.40. The van der Waals surface area contributed by atoms with Crippen LogP contribution in [-0.2, 0) is 0 Å². The highest BCUT2D eigenvalue weighted by atomic mass is 16.3. The molecule has 0 amide bonds. The Hall–Kier alpha value is -3.16. The Morgan fingerprint density at radius 1 is 1.15 bits per heavy atom. The first kappa shape index (κ1) is 11.9. The number of aromatic hydroxyl groups is 2. The second-order valence-electron chi connectivity index (χ2n) is 3.94. The van der Waals surface area contributed by atoms with Gasteiger partial charge in [-0.3, -0.25) is 5.43 Å². The quantitative estimate of drug-likeness (QED) is 0.322. The van der Waals surface area contributed by atoms with E-state index in [1.165, 1.54) is 31.0 Å². The summed E-state index contributed by atoms with van der Waals surface area (Å²) in [5.74, 6) is 0.115. The molecular weight excluding hydrogens is 260 g/mol. The number of rotatable bonds is 3. The summed E-state index contributed by atoms with van der Waals surface area (Å²) in [5, 5.41) is 22.6. The van der Waals surface area contributed by atoms with E-state index >= 15 is 0 Å². The van der Waals surface area contributed by atoms with Crippen LogP contribution in [0.4, 0.5) is 5.82 Å². The first-order chi connectivity index (χ1) is 9.74. The number of H-pyrrole nitrogens is 1. The third kappa shape index (κ3) is 2.21. The fourth-order valence-electron chi connectivity index (χ4n) is 1.64. The molecule has 3 aromatic rings. The van der Waals surface area contributed by atoms with Crippen molar-refractivity contribution in [3.05, 3.63) is 36.4 Å². The van der Waals surface area contributed by atoms with Crippen LogP contribution >= 0.6 is 0 Å². The molecule has 0 unspecified atom stereocenters. The number of anilines is 1. The van der Waals surface area contributed by atoms with Crippen molar-refractivity contribution < 1.29 is 10.2 Å². The van der Waals surface area contributed by atoms with Crippen molar-refractivity contribution in [1.29, 1.82) is 0 Å². The van der Waals surface area contributed by atoms with E-state index in [1.54, 1.807) is 6.07 Å². The van der Waals surface area contributed by atoms with Crippen LogP contribution in [0, 0.1) is 0 Å². The van der Waals surface area contributed by atoms with Crippen molar-refractivity contribution in [1.82, 2.24) is 19.9 Å². The predicted molar refractivity (Wildman–Crippen MR) is 72.7 cm³/mol. The van der Waals surface area contributed by atoms with E-state index in [4.69, 9.17) is 0 Å². The highest BCUT2D eigenvalue weighted by Gasteiger charge is 2.04. The number of benzene rings is 1. The van der Waals surface area contributed by atoms with Gasteiger partial charge >= 0.3 is 0 Å². The lowest BCUT2D eigenvalue weighted by atomic mass is 10.2. The first-order valence-electron chi connectivity index (χ1n) is 5.69. The number of nitrogens with zero attached hydrogens (tertiary/aromatic N) is 4. The van der Waals surface area contributed by atoms with Gasteiger partial charge in [0.05, 0.1) is 12.5 Å². The number of aromatic amines is 1. The number of aromatic nitrogens is 4. The lowest BCUT2D eigenvalue weighted by Gasteiger charge is -2.00. The van der Waals surface area contributed by atoms with Crippen LogP contribution < -0.4 is 5.43 Å². The Labute approximate surface area is 112 Å². The van der Waals surface area contributed by atoms with Gasteiger partial charge in [0.2, 0.25) is 0 Å². The van der Waals surface area contributed by atoms with Gasteiger partial charge in [-0.15, -0.1) is 0 Å². The Morgan fingerprint density at radius 2 is 2.05 bits per heavy atom. The molecule has 8 heteroatoms. The molecular formula is C12H10N6O2. The molecule has 1 aromatic carbocycles. The molecule has 0 bridgehead atoms. The van der Waals surface area contributed by atoms with Crippen molar-refractivity contribution in [3.8, 4) is 11.5 Å². The van der Waals surface area contributed by atoms with Crippen LogP contribution in [0.25, 0.3) is 11.2 Å². The summed E-state index contributed by atoms with van der Waals surface area (Å²) in [6.45, 7) is 0. The molecule has 0 aliphatic rings. The maximum atomic E-state index is 9.36. The summed E-state index contributed by atoms with van der Waals surface area (Å²) < 4.78 is 0. The molecule has 3 rings (SSSR count).